The van der Waals surface area contributed by atoms with Crippen molar-refractivity contribution in [1.82, 2.24) is 9.97 Å². The molecule has 0 saturated heterocycles. The van der Waals surface area contributed by atoms with E-state index in [0.29, 0.717) is 22.0 Å². The highest BCUT2D eigenvalue weighted by atomic mass is 35.5. The molecule has 2 heterocycles. The van der Waals surface area contributed by atoms with E-state index in [1.807, 2.05) is 42.5 Å². The molecule has 0 amide bonds. The van der Waals surface area contributed by atoms with Crippen molar-refractivity contribution in [3.63, 3.8) is 0 Å². The predicted molar refractivity (Wildman–Crippen MR) is 122 cm³/mol. The van der Waals surface area contributed by atoms with Crippen LogP contribution in [0.25, 0.3) is 22.2 Å². The van der Waals surface area contributed by atoms with E-state index in [9.17, 15) is 0 Å². The fourth-order valence-electron chi connectivity index (χ4n) is 2.52. The summed E-state index contributed by atoms with van der Waals surface area (Å²) < 4.78 is 5.22. The summed E-state index contributed by atoms with van der Waals surface area (Å²) in [6.07, 6.45) is 1.34. The molecule has 0 aliphatic rings. The molecule has 2 aromatic heterocycles. The van der Waals surface area contributed by atoms with Gasteiger partial charge in [0, 0.05) is 22.1 Å². The maximum absolute atomic E-state index is 8.06. The van der Waals surface area contributed by atoms with Crippen LogP contribution in [0.1, 0.15) is 19.6 Å². The molecule has 0 aliphatic heterocycles. The minimum atomic E-state index is -0.167. The Morgan fingerprint density at radius 2 is 1.77 bits per heavy atom. The average Bonchev–Trinajstić information content (AvgIpc) is 3.13. The van der Waals surface area contributed by atoms with Crippen molar-refractivity contribution >= 4 is 46.3 Å². The fraction of sp³-hybridized carbons (Fsp3) is 0.136. The summed E-state index contributed by atoms with van der Waals surface area (Å²) in [5.74, 6) is 0.894. The molecule has 0 aliphatic carbocycles. The molecule has 0 radical (unpaired) electrons. The van der Waals surface area contributed by atoms with Crippen LogP contribution in [0, 0.1) is 0 Å². The van der Waals surface area contributed by atoms with Crippen LogP contribution >= 0.6 is 23.2 Å². The first-order valence-corrected chi connectivity index (χ1v) is 9.93. The molecule has 0 spiro atoms. The second-order valence-electron chi connectivity index (χ2n) is 6.53. The van der Waals surface area contributed by atoms with Crippen molar-refractivity contribution in [3.05, 3.63) is 76.7 Å². The highest BCUT2D eigenvalue weighted by molar-refractivity contribution is 6.31. The van der Waals surface area contributed by atoms with E-state index in [1.54, 1.807) is 32.0 Å². The van der Waals surface area contributed by atoms with Gasteiger partial charge in [0.2, 0.25) is 5.95 Å². The molecule has 4 aromatic rings. The van der Waals surface area contributed by atoms with E-state index in [1.165, 1.54) is 6.21 Å². The number of nitrogens with zero attached hydrogens (tertiary/aromatic N) is 3. The summed E-state index contributed by atoms with van der Waals surface area (Å²) in [5.41, 5.74) is 5.34. The molecule has 0 bridgehead atoms. The van der Waals surface area contributed by atoms with Gasteiger partial charge in [0.25, 0.3) is 0 Å². The summed E-state index contributed by atoms with van der Waals surface area (Å²) in [6, 6.07) is 18.7. The Morgan fingerprint density at radius 1 is 1.03 bits per heavy atom. The molecule has 30 heavy (non-hydrogen) atoms. The topological polar surface area (TPSA) is 83.5 Å². The Bertz CT molecular complexity index is 1140. The molecule has 2 aromatic carbocycles. The van der Waals surface area contributed by atoms with Gasteiger partial charge < -0.3 is 9.52 Å². The van der Waals surface area contributed by atoms with Crippen molar-refractivity contribution < 1.29 is 9.52 Å². The van der Waals surface area contributed by atoms with Crippen LogP contribution in [0.15, 0.2) is 70.2 Å². The van der Waals surface area contributed by atoms with E-state index >= 15 is 0 Å². The minimum Gasteiger partial charge on any atom is -0.444 e. The van der Waals surface area contributed by atoms with Crippen LogP contribution in [0.2, 0.25) is 10.2 Å². The number of hydrogen-bond donors (Lipinski definition) is 2. The molecule has 154 valence electrons. The first-order valence-electron chi connectivity index (χ1n) is 9.17. The monoisotopic (exact) mass is 442 g/mol. The van der Waals surface area contributed by atoms with Crippen molar-refractivity contribution in [3.8, 4) is 11.3 Å². The molecule has 8 heteroatoms. The number of anilines is 1. The third-order valence-electron chi connectivity index (χ3n) is 3.66. The number of aromatic nitrogens is 2. The lowest BCUT2D eigenvalue weighted by Crippen LogP contribution is -1.99. The van der Waals surface area contributed by atoms with E-state index in [2.05, 4.69) is 20.5 Å². The summed E-state index contributed by atoms with van der Waals surface area (Å²) >= 11 is 11.9. The van der Waals surface area contributed by atoms with Gasteiger partial charge in [0.15, 0.2) is 5.22 Å². The van der Waals surface area contributed by atoms with Gasteiger partial charge in [-0.1, -0.05) is 41.9 Å². The maximum Gasteiger partial charge on any atom is 0.244 e. The van der Waals surface area contributed by atoms with E-state index in [-0.39, 0.29) is 6.10 Å². The molecule has 0 atom stereocenters. The number of halogens is 2. The molecule has 2 N–H and O–H groups in total. The molecule has 0 unspecified atom stereocenters. The predicted octanol–water partition coefficient (Wildman–Crippen LogP) is 6.03. The van der Waals surface area contributed by atoms with Crippen LogP contribution in [-0.4, -0.2) is 27.4 Å². The van der Waals surface area contributed by atoms with Crippen LogP contribution in [0.3, 0.4) is 0 Å². The number of benzene rings is 2. The van der Waals surface area contributed by atoms with Crippen LogP contribution in [-0.2, 0) is 0 Å². The van der Waals surface area contributed by atoms with Gasteiger partial charge in [0.1, 0.15) is 5.76 Å². The van der Waals surface area contributed by atoms with Gasteiger partial charge in [-0.2, -0.15) is 5.10 Å². The number of fused-ring (bicyclic) bond motifs is 1. The SMILES string of the molecule is CC(C)O.Clc1ccc2nc(N/N=C/c3ccc(Cl)o3)nc(-c3ccccc3)c2c1. The molecule has 4 rings (SSSR count). The molecule has 6 nitrogen and oxygen atoms in total. The molecule has 0 fully saturated rings. The molecular weight excluding hydrogens is 423 g/mol. The normalized spacial score (nSPS) is 11.0. The Morgan fingerprint density at radius 3 is 2.43 bits per heavy atom. The van der Waals surface area contributed by atoms with E-state index in [0.717, 1.165) is 22.2 Å². The Kier molecular flexibility index (Phi) is 7.41. The molecular formula is C22H20Cl2N4O2. The van der Waals surface area contributed by atoms with Crippen LogP contribution in [0.4, 0.5) is 5.95 Å². The lowest BCUT2D eigenvalue weighted by Gasteiger charge is -2.08. The van der Waals surface area contributed by atoms with Gasteiger partial charge in [-0.25, -0.2) is 15.4 Å². The number of hydrazone groups is 1. The Hall–Kier alpha value is -2.93. The zero-order valence-electron chi connectivity index (χ0n) is 16.4. The first kappa shape index (κ1) is 21.8. The summed E-state index contributed by atoms with van der Waals surface area (Å²) in [6.45, 7) is 3.44. The van der Waals surface area contributed by atoms with Gasteiger partial charge in [-0.15, -0.1) is 0 Å². The number of aliphatic hydroxyl groups excluding tert-OH is 1. The maximum atomic E-state index is 8.06. The number of rotatable bonds is 4. The zero-order chi connectivity index (χ0) is 21.5. The number of aliphatic hydroxyl groups is 1. The highest BCUT2D eigenvalue weighted by Crippen LogP contribution is 2.29. The summed E-state index contributed by atoms with van der Waals surface area (Å²) in [7, 11) is 0. The van der Waals surface area contributed by atoms with Crippen molar-refractivity contribution in [1.29, 1.82) is 0 Å². The largest absolute Gasteiger partial charge is 0.444 e. The zero-order valence-corrected chi connectivity index (χ0v) is 17.9. The Labute approximate surface area is 184 Å². The highest BCUT2D eigenvalue weighted by Gasteiger charge is 2.10. The van der Waals surface area contributed by atoms with Crippen LogP contribution < -0.4 is 5.43 Å². The van der Waals surface area contributed by atoms with Crippen LogP contribution in [0.5, 0.6) is 0 Å². The third-order valence-corrected chi connectivity index (χ3v) is 4.09. The standard InChI is InChI=1S/C19H12Cl2N4O.C3H8O/c20-13-6-8-16-15(10-13)18(12-4-2-1-3-5-12)24-19(23-16)25-22-11-14-7-9-17(21)26-14;1-3(2)4/h1-11H,(H,23,24,25);3-4H,1-2H3/b22-11+;. The number of furan rings is 1. The Balaban J connectivity index is 0.000000589. The number of nitrogens with one attached hydrogen (secondary N) is 1. The van der Waals surface area contributed by atoms with Crippen molar-refractivity contribution in [2.24, 2.45) is 5.10 Å². The number of hydrogen-bond acceptors (Lipinski definition) is 6. The average molecular weight is 443 g/mol. The fourth-order valence-corrected chi connectivity index (χ4v) is 2.84. The van der Waals surface area contributed by atoms with Crippen molar-refractivity contribution in [2.75, 3.05) is 5.43 Å². The smallest absolute Gasteiger partial charge is 0.244 e. The van der Waals surface area contributed by atoms with Gasteiger partial charge in [-0.05, 0) is 55.8 Å². The second-order valence-corrected chi connectivity index (χ2v) is 7.34. The van der Waals surface area contributed by atoms with E-state index < -0.39 is 0 Å². The van der Waals surface area contributed by atoms with Crippen molar-refractivity contribution in [2.45, 2.75) is 20.0 Å². The second kappa shape index (κ2) is 10.2. The third kappa shape index (κ3) is 6.03. The van der Waals surface area contributed by atoms with Gasteiger partial charge in [0.05, 0.1) is 17.4 Å². The first-order chi connectivity index (χ1) is 14.4. The minimum absolute atomic E-state index is 0.167. The lowest BCUT2D eigenvalue weighted by atomic mass is 10.1. The van der Waals surface area contributed by atoms with Gasteiger partial charge >= 0.3 is 0 Å². The quantitative estimate of drug-likeness (QED) is 0.297. The summed E-state index contributed by atoms with van der Waals surface area (Å²) in [4.78, 5) is 9.08. The molecule has 0 saturated carbocycles. The lowest BCUT2D eigenvalue weighted by molar-refractivity contribution is 0.216. The van der Waals surface area contributed by atoms with E-state index in [4.69, 9.17) is 32.7 Å². The summed E-state index contributed by atoms with van der Waals surface area (Å²) in [5, 5.41) is 14.0. The van der Waals surface area contributed by atoms with Gasteiger partial charge in [-0.3, -0.25) is 0 Å².